The van der Waals surface area contributed by atoms with Gasteiger partial charge in [0.2, 0.25) is 0 Å². The largest absolute Gasteiger partial charge is 0.462 e. The number of esters is 1. The Labute approximate surface area is 163 Å². The minimum Gasteiger partial charge on any atom is -0.462 e. The average Bonchev–Trinajstić information content (AvgIpc) is 3.12. The average molecular weight is 375 g/mol. The zero-order valence-electron chi connectivity index (χ0n) is 15.6. The van der Waals surface area contributed by atoms with Crippen LogP contribution in [0.15, 0.2) is 77.2 Å². The van der Waals surface area contributed by atoms with Crippen molar-refractivity contribution in [2.75, 3.05) is 11.9 Å². The minimum atomic E-state index is -0.609. The molecule has 1 amide bonds. The molecule has 0 saturated heterocycles. The molecule has 0 bridgehead atoms. The highest BCUT2D eigenvalue weighted by molar-refractivity contribution is 5.95. The Morgan fingerprint density at radius 2 is 1.75 bits per heavy atom. The van der Waals surface area contributed by atoms with E-state index in [1.54, 1.807) is 12.1 Å². The van der Waals surface area contributed by atoms with Gasteiger partial charge in [-0.15, -0.1) is 0 Å². The first-order valence-electron chi connectivity index (χ1n) is 8.93. The number of para-hydroxylation sites is 1. The third-order valence-electron chi connectivity index (χ3n) is 4.02. The number of hydrogen-bond acceptors (Lipinski definition) is 4. The van der Waals surface area contributed by atoms with Gasteiger partial charge in [0.05, 0.1) is 0 Å². The van der Waals surface area contributed by atoms with Crippen LogP contribution in [0, 0.1) is 6.92 Å². The molecule has 0 spiro atoms. The van der Waals surface area contributed by atoms with Gasteiger partial charge in [-0.1, -0.05) is 48.5 Å². The molecule has 3 aromatic rings. The maximum atomic E-state index is 12.2. The number of furan rings is 1. The number of aryl methyl sites for hydroxylation is 1. The van der Waals surface area contributed by atoms with E-state index in [-0.39, 0.29) is 6.61 Å². The molecule has 2 aromatic carbocycles. The molecule has 0 radical (unpaired) electrons. The molecule has 0 aliphatic heterocycles. The van der Waals surface area contributed by atoms with Gasteiger partial charge in [-0.25, -0.2) is 4.79 Å². The first kappa shape index (κ1) is 19.2. The minimum absolute atomic E-state index is 0.361. The molecule has 0 aliphatic rings. The second kappa shape index (κ2) is 9.37. The lowest BCUT2D eigenvalue weighted by Crippen LogP contribution is -2.20. The van der Waals surface area contributed by atoms with Crippen molar-refractivity contribution in [2.45, 2.75) is 13.3 Å². The van der Waals surface area contributed by atoms with Crippen molar-refractivity contribution in [3.05, 3.63) is 95.5 Å². The topological polar surface area (TPSA) is 68.5 Å². The van der Waals surface area contributed by atoms with Crippen molar-refractivity contribution in [3.8, 4) is 0 Å². The number of nitrogens with one attached hydrogen (secondary N) is 1. The smallest absolute Gasteiger partial charge is 0.331 e. The van der Waals surface area contributed by atoms with E-state index in [0.717, 1.165) is 16.9 Å². The van der Waals surface area contributed by atoms with Crippen LogP contribution in [-0.2, 0) is 20.7 Å². The number of benzene rings is 2. The Bertz CT molecular complexity index is 973. The molecule has 1 aromatic heterocycles. The third-order valence-corrected chi connectivity index (χ3v) is 4.02. The Kier molecular flexibility index (Phi) is 6.41. The molecular weight excluding hydrogens is 354 g/mol. The molecule has 5 heteroatoms. The second-order valence-corrected chi connectivity index (χ2v) is 6.26. The summed E-state index contributed by atoms with van der Waals surface area (Å²) in [6.07, 6.45) is 3.43. The van der Waals surface area contributed by atoms with Crippen LogP contribution >= 0.6 is 0 Å². The summed E-state index contributed by atoms with van der Waals surface area (Å²) >= 11 is 0. The van der Waals surface area contributed by atoms with E-state index in [1.807, 2.05) is 61.5 Å². The van der Waals surface area contributed by atoms with Gasteiger partial charge in [0.25, 0.3) is 5.91 Å². The molecule has 28 heavy (non-hydrogen) atoms. The van der Waals surface area contributed by atoms with Gasteiger partial charge in [0.15, 0.2) is 6.61 Å². The summed E-state index contributed by atoms with van der Waals surface area (Å²) in [7, 11) is 0. The molecular formula is C23H21NO4. The van der Waals surface area contributed by atoms with Crippen molar-refractivity contribution in [2.24, 2.45) is 0 Å². The van der Waals surface area contributed by atoms with Crippen molar-refractivity contribution in [1.29, 1.82) is 0 Å². The first-order chi connectivity index (χ1) is 13.6. The highest BCUT2D eigenvalue weighted by Crippen LogP contribution is 2.19. The normalized spacial score (nSPS) is 10.8. The zero-order valence-corrected chi connectivity index (χ0v) is 15.6. The summed E-state index contributed by atoms with van der Waals surface area (Å²) in [5.74, 6) is 0.299. The Morgan fingerprint density at radius 3 is 2.50 bits per heavy atom. The quantitative estimate of drug-likeness (QED) is 0.492. The van der Waals surface area contributed by atoms with E-state index in [0.29, 0.717) is 17.9 Å². The summed E-state index contributed by atoms with van der Waals surface area (Å²) in [5.41, 5.74) is 2.84. The standard InChI is InChI=1S/C23H21NO4/c1-17-11-12-20(28-17)13-14-23(26)27-16-22(25)24-21-10-6-5-9-19(21)15-18-7-3-2-4-8-18/h2-14H,15-16H2,1H3,(H,24,25)/b14-13+. The number of carbonyl (C=O) groups excluding carboxylic acids is 2. The predicted molar refractivity (Wildman–Crippen MR) is 108 cm³/mol. The molecule has 0 aliphatic carbocycles. The van der Waals surface area contributed by atoms with Gasteiger partial charge in [-0.05, 0) is 48.7 Å². The molecule has 5 nitrogen and oxygen atoms in total. The van der Waals surface area contributed by atoms with E-state index in [2.05, 4.69) is 5.32 Å². The number of carbonyl (C=O) groups is 2. The van der Waals surface area contributed by atoms with Crippen molar-refractivity contribution in [3.63, 3.8) is 0 Å². The summed E-state index contributed by atoms with van der Waals surface area (Å²) < 4.78 is 10.3. The highest BCUT2D eigenvalue weighted by atomic mass is 16.5. The maximum Gasteiger partial charge on any atom is 0.331 e. The third kappa shape index (κ3) is 5.71. The predicted octanol–water partition coefficient (Wildman–Crippen LogP) is 4.37. The van der Waals surface area contributed by atoms with Crippen LogP contribution in [0.5, 0.6) is 0 Å². The summed E-state index contributed by atoms with van der Waals surface area (Å²) in [4.78, 5) is 23.9. The van der Waals surface area contributed by atoms with E-state index in [4.69, 9.17) is 9.15 Å². The van der Waals surface area contributed by atoms with Crippen molar-refractivity contribution >= 4 is 23.6 Å². The van der Waals surface area contributed by atoms with E-state index >= 15 is 0 Å². The van der Waals surface area contributed by atoms with Crippen LogP contribution in [-0.4, -0.2) is 18.5 Å². The Hall–Kier alpha value is -3.60. The highest BCUT2D eigenvalue weighted by Gasteiger charge is 2.09. The molecule has 1 heterocycles. The lowest BCUT2D eigenvalue weighted by atomic mass is 10.0. The molecule has 3 rings (SSSR count). The first-order valence-corrected chi connectivity index (χ1v) is 8.93. The molecule has 0 saturated carbocycles. The van der Waals surface area contributed by atoms with Crippen molar-refractivity contribution in [1.82, 2.24) is 0 Å². The molecule has 0 fully saturated rings. The lowest BCUT2D eigenvalue weighted by molar-refractivity contribution is -0.142. The fraction of sp³-hybridized carbons (Fsp3) is 0.130. The number of rotatable bonds is 7. The zero-order chi connectivity index (χ0) is 19.8. The van der Waals surface area contributed by atoms with Gasteiger partial charge < -0.3 is 14.5 Å². The van der Waals surface area contributed by atoms with Crippen molar-refractivity contribution < 1.29 is 18.7 Å². The van der Waals surface area contributed by atoms with Crippen LogP contribution in [0.1, 0.15) is 22.6 Å². The fourth-order valence-corrected chi connectivity index (χ4v) is 2.68. The monoisotopic (exact) mass is 375 g/mol. The van der Waals surface area contributed by atoms with Crippen LogP contribution < -0.4 is 5.32 Å². The van der Waals surface area contributed by atoms with Gasteiger partial charge in [-0.3, -0.25) is 4.79 Å². The van der Waals surface area contributed by atoms with Gasteiger partial charge >= 0.3 is 5.97 Å². The Morgan fingerprint density at radius 1 is 1.00 bits per heavy atom. The SMILES string of the molecule is Cc1ccc(/C=C/C(=O)OCC(=O)Nc2ccccc2Cc2ccccc2)o1. The molecule has 0 atom stereocenters. The van der Waals surface area contributed by atoms with Crippen LogP contribution in [0.3, 0.4) is 0 Å². The lowest BCUT2D eigenvalue weighted by Gasteiger charge is -2.11. The van der Waals surface area contributed by atoms with Crippen LogP contribution in [0.25, 0.3) is 6.08 Å². The van der Waals surface area contributed by atoms with Gasteiger partial charge in [0.1, 0.15) is 11.5 Å². The number of amides is 1. The van der Waals surface area contributed by atoms with Crippen LogP contribution in [0.2, 0.25) is 0 Å². The molecule has 1 N–H and O–H groups in total. The second-order valence-electron chi connectivity index (χ2n) is 6.26. The Balaban J connectivity index is 1.53. The van der Waals surface area contributed by atoms with E-state index < -0.39 is 11.9 Å². The maximum absolute atomic E-state index is 12.2. The summed E-state index contributed by atoms with van der Waals surface area (Å²) in [6.45, 7) is 1.45. The van der Waals surface area contributed by atoms with E-state index in [9.17, 15) is 9.59 Å². The number of hydrogen-bond donors (Lipinski definition) is 1. The summed E-state index contributed by atoms with van der Waals surface area (Å²) in [5, 5.41) is 2.80. The number of anilines is 1. The van der Waals surface area contributed by atoms with Gasteiger partial charge in [0, 0.05) is 11.8 Å². The molecule has 0 unspecified atom stereocenters. The van der Waals surface area contributed by atoms with Crippen LogP contribution in [0.4, 0.5) is 5.69 Å². The molecule has 142 valence electrons. The van der Waals surface area contributed by atoms with E-state index in [1.165, 1.54) is 12.2 Å². The van der Waals surface area contributed by atoms with Gasteiger partial charge in [-0.2, -0.15) is 0 Å². The number of ether oxygens (including phenoxy) is 1. The summed E-state index contributed by atoms with van der Waals surface area (Å²) in [6, 6.07) is 21.1. The fourth-order valence-electron chi connectivity index (χ4n) is 2.68.